The lowest BCUT2D eigenvalue weighted by molar-refractivity contribution is -0.141. The summed E-state index contributed by atoms with van der Waals surface area (Å²) in [6, 6.07) is 6.15. The number of amides is 7. The molecular weight excluding hydrogens is 1370 g/mol. The van der Waals surface area contributed by atoms with Crippen LogP contribution < -0.4 is 42.2 Å². The number of nitrogens with two attached hydrogens (primary N) is 2. The standard InChI is InChI=1S/C70H102N16O19/c1-6-54-53(48-81(4)80-54)67(92)78-69-76-55-44-51(65(72)90)46-58(94-5)63(55)84(69)15-8-9-16-85-64-56(77-70(85)79-68(93)57(74-7-2)43-50(3)71)45-52(66(73)91)47-59(64)105-22-10-14-82-17-19-83(20-18-82)21-24-96-26-28-98-30-32-100-34-36-102-38-40-104-42-41-103-39-37-101-35-33-99-31-29-97-27-25-95-23-13-75-60(87)49-86-61(88)11-12-62(86)89/h8-9,11-12,43-48,71,74H,6-7,10,13-42,49H2,1-5H3,(H2,72,90)(H2,73,91)(H,75,87)(H,76,78,92)(H,77,79,93)/b9-8+,57-43-,71-50?. The molecule has 35 heteroatoms. The maximum absolute atomic E-state index is 13.9. The van der Waals surface area contributed by atoms with Gasteiger partial charge in [0.2, 0.25) is 29.6 Å². The summed E-state index contributed by atoms with van der Waals surface area (Å²) in [6.07, 6.45) is 10.1. The van der Waals surface area contributed by atoms with Gasteiger partial charge < -0.3 is 98.4 Å². The van der Waals surface area contributed by atoms with Gasteiger partial charge in [-0.1, -0.05) is 19.1 Å². The topological polar surface area (TPSA) is 417 Å². The number of methoxy groups -OCH3 is 1. The molecule has 2 aliphatic rings. The number of imide groups is 1. The van der Waals surface area contributed by atoms with E-state index in [0.29, 0.717) is 190 Å². The van der Waals surface area contributed by atoms with Crippen molar-refractivity contribution in [1.82, 2.24) is 54.2 Å². The summed E-state index contributed by atoms with van der Waals surface area (Å²) in [7, 11) is 3.19. The van der Waals surface area contributed by atoms with Gasteiger partial charge in [0.15, 0.2) is 0 Å². The summed E-state index contributed by atoms with van der Waals surface area (Å²) in [4.78, 5) is 103. The molecule has 9 N–H and O–H groups in total. The number of hydrogen-bond acceptors (Lipinski definition) is 26. The quantitative estimate of drug-likeness (QED) is 0.00952. The molecule has 7 amide bonds. The fraction of sp³-hybridized carbons (Fsp3) is 0.557. The molecule has 105 heavy (non-hydrogen) atoms. The average molecular weight is 1470 g/mol. The molecular formula is C70H102N16O19. The maximum Gasteiger partial charge on any atom is 0.274 e. The minimum Gasteiger partial charge on any atom is -0.494 e. The zero-order valence-corrected chi connectivity index (χ0v) is 60.8. The van der Waals surface area contributed by atoms with Crippen LogP contribution in [0.4, 0.5) is 11.9 Å². The molecule has 5 aromatic rings. The van der Waals surface area contributed by atoms with E-state index in [4.69, 9.17) is 83.7 Å². The molecule has 5 heterocycles. The number of rotatable bonds is 55. The Morgan fingerprint density at radius 2 is 1.03 bits per heavy atom. The van der Waals surface area contributed by atoms with Crippen molar-refractivity contribution in [2.24, 2.45) is 18.5 Å². The van der Waals surface area contributed by atoms with Gasteiger partial charge in [-0.2, -0.15) is 5.10 Å². The first kappa shape index (κ1) is 83.2. The number of hydrogen-bond donors (Lipinski definition) is 7. The predicted octanol–water partition coefficient (Wildman–Crippen LogP) is 1.46. The summed E-state index contributed by atoms with van der Waals surface area (Å²) >= 11 is 0. The van der Waals surface area contributed by atoms with Crippen molar-refractivity contribution in [3.8, 4) is 11.5 Å². The van der Waals surface area contributed by atoms with Gasteiger partial charge in [0.25, 0.3) is 23.6 Å². The van der Waals surface area contributed by atoms with E-state index in [1.165, 1.54) is 25.3 Å². The van der Waals surface area contributed by atoms with E-state index in [-0.39, 0.29) is 73.8 Å². The number of fused-ring (bicyclic) bond motifs is 2. The number of piperazine rings is 1. The van der Waals surface area contributed by atoms with Crippen molar-refractivity contribution in [2.45, 2.75) is 46.7 Å². The third-order valence-electron chi connectivity index (χ3n) is 16.1. The Labute approximate surface area is 609 Å². The van der Waals surface area contributed by atoms with Crippen LogP contribution in [0.15, 0.2) is 66.5 Å². The minimum absolute atomic E-state index is 0.110. The van der Waals surface area contributed by atoms with Crippen LogP contribution in [0.3, 0.4) is 0 Å². The van der Waals surface area contributed by atoms with Gasteiger partial charge in [-0.15, -0.1) is 0 Å². The van der Waals surface area contributed by atoms with Crippen molar-refractivity contribution >= 4 is 81.0 Å². The fourth-order valence-electron chi connectivity index (χ4n) is 10.9. The molecule has 0 radical (unpaired) electrons. The number of carbonyl (C=O) groups is 7. The van der Waals surface area contributed by atoms with E-state index >= 15 is 0 Å². The van der Waals surface area contributed by atoms with Crippen LogP contribution in [0.1, 0.15) is 64.0 Å². The second-order valence-electron chi connectivity index (χ2n) is 23.8. The highest BCUT2D eigenvalue weighted by atomic mass is 16.6. The minimum atomic E-state index is -0.695. The predicted molar refractivity (Wildman–Crippen MR) is 387 cm³/mol. The van der Waals surface area contributed by atoms with Crippen molar-refractivity contribution in [1.29, 1.82) is 5.41 Å². The van der Waals surface area contributed by atoms with Crippen LogP contribution >= 0.6 is 0 Å². The zero-order valence-electron chi connectivity index (χ0n) is 60.8. The summed E-state index contributed by atoms with van der Waals surface area (Å²) < 4.78 is 73.0. The molecule has 0 spiro atoms. The van der Waals surface area contributed by atoms with Gasteiger partial charge in [0.05, 0.1) is 168 Å². The number of allylic oxidation sites excluding steroid dienone is 3. The third kappa shape index (κ3) is 28.0. The molecule has 1 saturated heterocycles. The lowest BCUT2D eigenvalue weighted by atomic mass is 10.1. The molecule has 7 rings (SSSR count). The Hall–Kier alpha value is -9.11. The van der Waals surface area contributed by atoms with E-state index in [1.807, 2.05) is 26.0 Å². The van der Waals surface area contributed by atoms with Gasteiger partial charge in [-0.3, -0.25) is 58.7 Å². The summed E-state index contributed by atoms with van der Waals surface area (Å²) in [5.74, 6) is -2.92. The van der Waals surface area contributed by atoms with Crippen LogP contribution in [-0.4, -0.2) is 295 Å². The second-order valence-corrected chi connectivity index (χ2v) is 23.8. The van der Waals surface area contributed by atoms with E-state index < -0.39 is 41.4 Å². The highest BCUT2D eigenvalue weighted by Gasteiger charge is 2.27. The van der Waals surface area contributed by atoms with Crippen LogP contribution in [0.2, 0.25) is 0 Å². The average Bonchev–Trinajstić information content (AvgIpc) is 1.64. The molecule has 0 saturated carbocycles. The van der Waals surface area contributed by atoms with E-state index in [2.05, 4.69) is 36.2 Å². The molecule has 3 aromatic heterocycles. The number of anilines is 2. The zero-order chi connectivity index (χ0) is 75.1. The summed E-state index contributed by atoms with van der Waals surface area (Å²) in [5.41, 5.74) is 14.8. The normalized spacial score (nSPS) is 13.6. The van der Waals surface area contributed by atoms with Crippen molar-refractivity contribution in [3.05, 3.63) is 88.9 Å². The first-order valence-electron chi connectivity index (χ1n) is 35.2. The molecule has 0 aliphatic carbocycles. The Morgan fingerprint density at radius 1 is 0.581 bits per heavy atom. The molecule has 0 atom stereocenters. The van der Waals surface area contributed by atoms with E-state index in [1.54, 1.807) is 46.1 Å². The fourth-order valence-corrected chi connectivity index (χ4v) is 10.9. The Morgan fingerprint density at radius 3 is 1.49 bits per heavy atom. The number of ether oxygens (including phenoxy) is 12. The van der Waals surface area contributed by atoms with Crippen molar-refractivity contribution in [2.75, 3.05) is 215 Å². The number of primary amides is 2. The molecule has 1 fully saturated rings. The second kappa shape index (κ2) is 46.0. The lowest BCUT2D eigenvalue weighted by Crippen LogP contribution is -2.47. The van der Waals surface area contributed by atoms with Crippen molar-refractivity contribution in [3.63, 3.8) is 0 Å². The number of nitrogens with zero attached hydrogens (tertiary/aromatic N) is 9. The first-order valence-corrected chi connectivity index (χ1v) is 35.2. The molecule has 2 aliphatic heterocycles. The van der Waals surface area contributed by atoms with E-state index in [0.717, 1.165) is 56.3 Å². The van der Waals surface area contributed by atoms with Crippen LogP contribution in [0, 0.1) is 5.41 Å². The number of imidazole rings is 2. The number of aryl methyl sites for hydroxylation is 2. The van der Waals surface area contributed by atoms with Gasteiger partial charge in [0.1, 0.15) is 34.8 Å². The maximum atomic E-state index is 13.9. The first-order chi connectivity index (χ1) is 51.0. The molecule has 35 nitrogen and oxygen atoms in total. The number of nitrogens with one attached hydrogen (secondary N) is 5. The highest BCUT2D eigenvalue weighted by Crippen LogP contribution is 2.33. The molecule has 2 aromatic carbocycles. The largest absolute Gasteiger partial charge is 0.494 e. The lowest BCUT2D eigenvalue weighted by Gasteiger charge is -2.34. The number of likely N-dealkylation sites (N-methyl/N-ethyl adjacent to an activating group) is 1. The Bertz CT molecular complexity index is 3710. The Balaban J connectivity index is 0.732. The summed E-state index contributed by atoms with van der Waals surface area (Å²) in [5, 5.41) is 24.0. The monoisotopic (exact) mass is 1470 g/mol. The smallest absolute Gasteiger partial charge is 0.274 e. The van der Waals surface area contributed by atoms with Gasteiger partial charge in [0, 0.05) is 108 Å². The van der Waals surface area contributed by atoms with Crippen LogP contribution in [-0.2, 0) is 93.1 Å². The highest BCUT2D eigenvalue weighted by molar-refractivity contribution is 6.14. The van der Waals surface area contributed by atoms with Gasteiger partial charge in [-0.25, -0.2) is 9.97 Å². The Kier molecular flexibility index (Phi) is 36.4. The van der Waals surface area contributed by atoms with E-state index in [9.17, 15) is 33.6 Å². The van der Waals surface area contributed by atoms with Gasteiger partial charge >= 0.3 is 0 Å². The van der Waals surface area contributed by atoms with Crippen molar-refractivity contribution < 1.29 is 90.4 Å². The number of benzene rings is 2. The molecule has 0 bridgehead atoms. The summed E-state index contributed by atoms with van der Waals surface area (Å²) in [6.45, 7) is 19.7. The number of carbonyl (C=O) groups excluding carboxylic acids is 7. The number of aromatic nitrogens is 6. The van der Waals surface area contributed by atoms with Crippen LogP contribution in [0.5, 0.6) is 11.5 Å². The molecule has 0 unspecified atom stereocenters. The SMILES string of the molecule is CCN/C(=C\C(C)=N)C(=O)Nc1nc2cc(C(N)=O)cc(OCCCN3CCN(CCOCCOCCOCCOCCOCCOCCOCCOCCOCCOCCNC(=O)CN4C(=O)C=CC4=O)CC3)c2n1C/C=C/Cn1c(NC(=O)c2cn(C)nc2CC)nc2cc(C(N)=O)cc(OC)c21. The molecule has 576 valence electrons. The third-order valence-corrected chi connectivity index (χ3v) is 16.1. The van der Waals surface area contributed by atoms with Crippen LogP contribution in [0.25, 0.3) is 22.1 Å². The van der Waals surface area contributed by atoms with Gasteiger partial charge in [-0.05, 0) is 57.0 Å².